The van der Waals surface area contributed by atoms with E-state index in [1.54, 1.807) is 6.07 Å². The minimum Gasteiger partial charge on any atom is -0.406 e. The molecule has 2 aromatic carbocycles. The molecule has 29 heavy (non-hydrogen) atoms. The van der Waals surface area contributed by atoms with E-state index in [9.17, 15) is 26.3 Å². The third-order valence-electron chi connectivity index (χ3n) is 3.68. The van der Waals surface area contributed by atoms with Crippen LogP contribution in [0, 0.1) is 0 Å². The van der Waals surface area contributed by atoms with Gasteiger partial charge < -0.3 is 15.2 Å². The van der Waals surface area contributed by atoms with Gasteiger partial charge in [-0.05, 0) is 54.1 Å². The summed E-state index contributed by atoms with van der Waals surface area (Å²) in [6.07, 6.45) is -9.63. The Morgan fingerprint density at radius 1 is 0.621 bits per heavy atom. The van der Waals surface area contributed by atoms with Gasteiger partial charge in [-0.1, -0.05) is 12.1 Å². The van der Waals surface area contributed by atoms with Crippen LogP contribution in [0.25, 0.3) is 22.4 Å². The molecule has 0 aliphatic heterocycles. The summed E-state index contributed by atoms with van der Waals surface area (Å²) < 4.78 is 81.5. The topological polar surface area (TPSA) is 57.4 Å². The van der Waals surface area contributed by atoms with Crippen LogP contribution in [0.5, 0.6) is 11.5 Å². The number of nitrogen functional groups attached to an aromatic ring is 1. The van der Waals surface area contributed by atoms with Gasteiger partial charge >= 0.3 is 12.7 Å². The van der Waals surface area contributed by atoms with Crippen molar-refractivity contribution in [3.8, 4) is 33.9 Å². The van der Waals surface area contributed by atoms with Crippen LogP contribution in [0.4, 0.5) is 32.2 Å². The molecule has 3 aromatic rings. The first-order valence-corrected chi connectivity index (χ1v) is 7.99. The molecular formula is C19H12F6N2O2. The summed E-state index contributed by atoms with van der Waals surface area (Å²) in [5.41, 5.74) is 7.53. The van der Waals surface area contributed by atoms with E-state index in [0.717, 1.165) is 24.3 Å². The number of hydrogen-bond donors (Lipinski definition) is 1. The summed E-state index contributed by atoms with van der Waals surface area (Å²) in [6, 6.07) is 13.2. The molecule has 0 atom stereocenters. The zero-order valence-electron chi connectivity index (χ0n) is 14.4. The predicted molar refractivity (Wildman–Crippen MR) is 92.9 cm³/mol. The molecule has 0 saturated carbocycles. The van der Waals surface area contributed by atoms with E-state index in [1.807, 2.05) is 0 Å². The first-order valence-electron chi connectivity index (χ1n) is 7.99. The standard InChI is InChI=1S/C19H12F6N2O2/c20-18(21,22)28-13-5-1-11(2-6-13)15-9-10-16(26)27-17(15)12-3-7-14(8-4-12)29-19(23,24)25/h1-10H,(H2,26,27). The van der Waals surface area contributed by atoms with E-state index in [1.165, 1.54) is 30.3 Å². The van der Waals surface area contributed by atoms with E-state index >= 15 is 0 Å². The Morgan fingerprint density at radius 2 is 1.07 bits per heavy atom. The van der Waals surface area contributed by atoms with Crippen LogP contribution in [0.15, 0.2) is 60.7 Å². The largest absolute Gasteiger partial charge is 0.573 e. The summed E-state index contributed by atoms with van der Waals surface area (Å²) in [6.45, 7) is 0. The maximum absolute atomic E-state index is 12.3. The van der Waals surface area contributed by atoms with Crippen LogP contribution in [0.3, 0.4) is 0 Å². The molecule has 0 spiro atoms. The van der Waals surface area contributed by atoms with Crippen LogP contribution in [-0.2, 0) is 0 Å². The Kier molecular flexibility index (Phi) is 5.27. The Labute approximate surface area is 160 Å². The van der Waals surface area contributed by atoms with Gasteiger partial charge in [0, 0.05) is 11.1 Å². The molecule has 1 aromatic heterocycles. The highest BCUT2D eigenvalue weighted by Crippen LogP contribution is 2.34. The quantitative estimate of drug-likeness (QED) is 0.549. The van der Waals surface area contributed by atoms with E-state index in [-0.39, 0.29) is 11.6 Å². The Morgan fingerprint density at radius 3 is 1.52 bits per heavy atom. The molecular weight excluding hydrogens is 402 g/mol. The van der Waals surface area contributed by atoms with Crippen molar-refractivity contribution in [2.75, 3.05) is 5.73 Å². The number of hydrogen-bond acceptors (Lipinski definition) is 4. The SMILES string of the molecule is Nc1ccc(-c2ccc(OC(F)(F)F)cc2)c(-c2ccc(OC(F)(F)F)cc2)n1. The molecule has 0 bridgehead atoms. The van der Waals surface area contributed by atoms with Crippen LogP contribution in [-0.4, -0.2) is 17.7 Å². The number of aromatic nitrogens is 1. The molecule has 0 amide bonds. The molecule has 0 aliphatic carbocycles. The first kappa shape index (κ1) is 20.3. The summed E-state index contributed by atoms with van der Waals surface area (Å²) >= 11 is 0. The van der Waals surface area contributed by atoms with Crippen LogP contribution < -0.4 is 15.2 Å². The zero-order valence-corrected chi connectivity index (χ0v) is 14.4. The molecule has 1 heterocycles. The molecule has 0 aliphatic rings. The molecule has 0 saturated heterocycles. The Bertz CT molecular complexity index is 984. The monoisotopic (exact) mass is 414 g/mol. The number of benzene rings is 2. The maximum atomic E-state index is 12.3. The van der Waals surface area contributed by atoms with Crippen molar-refractivity contribution in [2.45, 2.75) is 12.7 Å². The number of ether oxygens (including phenoxy) is 2. The number of halogens is 6. The second kappa shape index (κ2) is 7.53. The van der Waals surface area contributed by atoms with E-state index in [2.05, 4.69) is 14.5 Å². The highest BCUT2D eigenvalue weighted by atomic mass is 19.4. The van der Waals surface area contributed by atoms with Gasteiger partial charge in [0.15, 0.2) is 0 Å². The van der Waals surface area contributed by atoms with E-state index < -0.39 is 18.5 Å². The van der Waals surface area contributed by atoms with Gasteiger partial charge in [-0.25, -0.2) is 4.98 Å². The van der Waals surface area contributed by atoms with Crippen molar-refractivity contribution in [1.29, 1.82) is 0 Å². The molecule has 10 heteroatoms. The van der Waals surface area contributed by atoms with Crippen LogP contribution >= 0.6 is 0 Å². The summed E-state index contributed by atoms with van der Waals surface area (Å²) in [5, 5.41) is 0. The van der Waals surface area contributed by atoms with Crippen molar-refractivity contribution in [3.63, 3.8) is 0 Å². The molecule has 3 rings (SSSR count). The van der Waals surface area contributed by atoms with Gasteiger partial charge in [0.1, 0.15) is 17.3 Å². The average molecular weight is 414 g/mol. The molecule has 0 radical (unpaired) electrons. The van der Waals surface area contributed by atoms with E-state index in [0.29, 0.717) is 22.4 Å². The number of anilines is 1. The van der Waals surface area contributed by atoms with Crippen molar-refractivity contribution < 1.29 is 35.8 Å². The third-order valence-corrected chi connectivity index (χ3v) is 3.68. The number of pyridine rings is 1. The van der Waals surface area contributed by atoms with Crippen LogP contribution in [0.2, 0.25) is 0 Å². The highest BCUT2D eigenvalue weighted by molar-refractivity contribution is 5.82. The first-order chi connectivity index (χ1) is 13.5. The number of rotatable bonds is 4. The Hall–Kier alpha value is -3.43. The minimum atomic E-state index is -4.82. The van der Waals surface area contributed by atoms with Gasteiger partial charge in [-0.3, -0.25) is 0 Å². The molecule has 4 nitrogen and oxygen atoms in total. The van der Waals surface area contributed by atoms with Gasteiger partial charge in [0.05, 0.1) is 5.69 Å². The fraction of sp³-hybridized carbons (Fsp3) is 0.105. The fourth-order valence-corrected chi connectivity index (χ4v) is 2.58. The normalized spacial score (nSPS) is 11.9. The minimum absolute atomic E-state index is 0.163. The zero-order chi connectivity index (χ0) is 21.2. The number of alkyl halides is 6. The third kappa shape index (κ3) is 5.53. The molecule has 0 fully saturated rings. The lowest BCUT2D eigenvalue weighted by Crippen LogP contribution is -2.17. The molecule has 0 unspecified atom stereocenters. The van der Waals surface area contributed by atoms with E-state index in [4.69, 9.17) is 5.73 Å². The van der Waals surface area contributed by atoms with Gasteiger partial charge in [-0.2, -0.15) is 0 Å². The fourth-order valence-electron chi connectivity index (χ4n) is 2.58. The second-order valence-electron chi connectivity index (χ2n) is 5.78. The van der Waals surface area contributed by atoms with Crippen molar-refractivity contribution in [2.24, 2.45) is 0 Å². The Balaban J connectivity index is 1.94. The van der Waals surface area contributed by atoms with Crippen molar-refractivity contribution in [1.82, 2.24) is 4.98 Å². The predicted octanol–water partition coefficient (Wildman–Crippen LogP) is 5.80. The highest BCUT2D eigenvalue weighted by Gasteiger charge is 2.31. The number of nitrogens with zero attached hydrogens (tertiary/aromatic N) is 1. The van der Waals surface area contributed by atoms with Gasteiger partial charge in [0.25, 0.3) is 0 Å². The lowest BCUT2D eigenvalue weighted by atomic mass is 9.99. The summed E-state index contributed by atoms with van der Waals surface area (Å²) in [7, 11) is 0. The molecule has 2 N–H and O–H groups in total. The van der Waals surface area contributed by atoms with Gasteiger partial charge in [0.2, 0.25) is 0 Å². The average Bonchev–Trinajstić information content (AvgIpc) is 2.60. The lowest BCUT2D eigenvalue weighted by molar-refractivity contribution is -0.275. The number of nitrogens with two attached hydrogens (primary N) is 1. The van der Waals surface area contributed by atoms with Crippen molar-refractivity contribution in [3.05, 3.63) is 60.7 Å². The summed E-state index contributed by atoms with van der Waals surface area (Å²) in [5.74, 6) is -0.628. The second-order valence-corrected chi connectivity index (χ2v) is 5.78. The smallest absolute Gasteiger partial charge is 0.406 e. The van der Waals surface area contributed by atoms with Crippen molar-refractivity contribution >= 4 is 5.82 Å². The molecule has 152 valence electrons. The van der Waals surface area contributed by atoms with Crippen LogP contribution in [0.1, 0.15) is 0 Å². The van der Waals surface area contributed by atoms with Gasteiger partial charge in [-0.15, -0.1) is 26.3 Å². The summed E-state index contributed by atoms with van der Waals surface area (Å²) in [4.78, 5) is 4.21. The lowest BCUT2D eigenvalue weighted by Gasteiger charge is -2.13. The maximum Gasteiger partial charge on any atom is 0.573 e.